The van der Waals surface area contributed by atoms with Crippen LogP contribution in [-0.4, -0.2) is 21.1 Å². The molecule has 2 unspecified atom stereocenters. The fourth-order valence-electron chi connectivity index (χ4n) is 2.22. The summed E-state index contributed by atoms with van der Waals surface area (Å²) in [6.45, 7) is 5.18. The average Bonchev–Trinajstić information content (AvgIpc) is 3.03. The molecule has 5 nitrogen and oxygen atoms in total. The molecule has 0 radical (unpaired) electrons. The number of aromatic amines is 1. The zero-order chi connectivity index (χ0) is 17.7. The normalized spacial score (nSPS) is 14.0. The fourth-order valence-corrected chi connectivity index (χ4v) is 2.22. The van der Waals surface area contributed by atoms with Crippen molar-refractivity contribution in [3.63, 3.8) is 0 Å². The molecular formula is C16H17F3N4O. The van der Waals surface area contributed by atoms with Crippen LogP contribution in [0.2, 0.25) is 0 Å². The molecule has 24 heavy (non-hydrogen) atoms. The summed E-state index contributed by atoms with van der Waals surface area (Å²) in [5, 5.41) is 8.00. The maximum atomic E-state index is 12.5. The van der Waals surface area contributed by atoms with Crippen LogP contribution in [0, 0.1) is 0 Å². The maximum Gasteiger partial charge on any atom is 0.453 e. The molecule has 1 aromatic heterocycles. The summed E-state index contributed by atoms with van der Waals surface area (Å²) in [6, 6.07) is 8.35. The Balaban J connectivity index is 2.11. The zero-order valence-electron chi connectivity index (χ0n) is 13.0. The molecule has 1 amide bonds. The van der Waals surface area contributed by atoms with Crippen molar-refractivity contribution in [3.05, 3.63) is 60.2 Å². The number of nitrogens with zero attached hydrogens (tertiary/aromatic N) is 2. The third-order valence-corrected chi connectivity index (χ3v) is 3.45. The molecule has 0 aliphatic carbocycles. The highest BCUT2D eigenvalue weighted by atomic mass is 19.4. The maximum absolute atomic E-state index is 12.5. The molecule has 0 aliphatic heterocycles. The SMILES string of the molecule is C=CCC(C(=O)NC(C)c1nc(C(F)(F)F)n[nH]1)c1ccccc1. The quantitative estimate of drug-likeness (QED) is 0.794. The number of rotatable bonds is 6. The summed E-state index contributed by atoms with van der Waals surface area (Å²) < 4.78 is 37.6. The first-order valence-electron chi connectivity index (χ1n) is 7.28. The molecular weight excluding hydrogens is 321 g/mol. The smallest absolute Gasteiger partial charge is 0.346 e. The topological polar surface area (TPSA) is 70.7 Å². The average molecular weight is 338 g/mol. The second-order valence-electron chi connectivity index (χ2n) is 5.26. The number of amides is 1. The molecule has 2 N–H and O–H groups in total. The minimum absolute atomic E-state index is 0.0545. The van der Waals surface area contributed by atoms with Gasteiger partial charge in [0.1, 0.15) is 5.82 Å². The van der Waals surface area contributed by atoms with Crippen molar-refractivity contribution < 1.29 is 18.0 Å². The lowest BCUT2D eigenvalue weighted by Crippen LogP contribution is -2.32. The van der Waals surface area contributed by atoms with Crippen molar-refractivity contribution in [2.45, 2.75) is 31.5 Å². The number of nitrogens with one attached hydrogen (secondary N) is 2. The Labute approximate surface area is 137 Å². The summed E-state index contributed by atoms with van der Waals surface area (Å²) in [5.41, 5.74) is 0.802. The molecule has 2 atom stereocenters. The standard InChI is InChI=1S/C16H17F3N4O/c1-3-7-12(11-8-5-4-6-9-11)14(24)20-10(2)13-21-15(23-22-13)16(17,18)19/h3-6,8-10,12H,1,7H2,2H3,(H,20,24)(H,21,22,23). The highest BCUT2D eigenvalue weighted by molar-refractivity contribution is 5.84. The number of carbonyl (C=O) groups excluding carboxylic acids is 1. The first-order chi connectivity index (χ1) is 11.3. The Bertz CT molecular complexity index is 697. The first-order valence-corrected chi connectivity index (χ1v) is 7.28. The number of benzene rings is 1. The summed E-state index contributed by atoms with van der Waals surface area (Å²) in [7, 11) is 0. The van der Waals surface area contributed by atoms with Crippen molar-refractivity contribution >= 4 is 5.91 Å². The summed E-state index contributed by atoms with van der Waals surface area (Å²) in [6.07, 6.45) is -2.60. The highest BCUT2D eigenvalue weighted by Gasteiger charge is 2.36. The van der Waals surface area contributed by atoms with Crippen molar-refractivity contribution in [1.29, 1.82) is 0 Å². The Kier molecular flexibility index (Phi) is 5.38. The molecule has 2 rings (SSSR count). The van der Waals surface area contributed by atoms with Crippen LogP contribution in [-0.2, 0) is 11.0 Å². The van der Waals surface area contributed by atoms with Crippen LogP contribution >= 0.6 is 0 Å². The van der Waals surface area contributed by atoms with Crippen molar-refractivity contribution in [3.8, 4) is 0 Å². The van der Waals surface area contributed by atoms with E-state index in [-0.39, 0.29) is 11.7 Å². The van der Waals surface area contributed by atoms with E-state index < -0.39 is 24.0 Å². The van der Waals surface area contributed by atoms with Crippen LogP contribution in [0.1, 0.15) is 42.5 Å². The van der Waals surface area contributed by atoms with Gasteiger partial charge >= 0.3 is 6.18 Å². The first kappa shape index (κ1) is 17.7. The van der Waals surface area contributed by atoms with Crippen LogP contribution in [0.25, 0.3) is 0 Å². The van der Waals surface area contributed by atoms with Gasteiger partial charge in [0.05, 0.1) is 12.0 Å². The molecule has 2 aromatic rings. The van der Waals surface area contributed by atoms with E-state index in [1.54, 1.807) is 6.08 Å². The van der Waals surface area contributed by atoms with Gasteiger partial charge < -0.3 is 5.32 Å². The van der Waals surface area contributed by atoms with E-state index >= 15 is 0 Å². The van der Waals surface area contributed by atoms with Crippen molar-refractivity contribution in [1.82, 2.24) is 20.5 Å². The van der Waals surface area contributed by atoms with E-state index in [9.17, 15) is 18.0 Å². The van der Waals surface area contributed by atoms with Crippen LogP contribution in [0.4, 0.5) is 13.2 Å². The molecule has 0 saturated heterocycles. The third kappa shape index (κ3) is 4.21. The summed E-state index contributed by atoms with van der Waals surface area (Å²) in [4.78, 5) is 15.9. The van der Waals surface area contributed by atoms with Gasteiger partial charge in [-0.2, -0.15) is 13.2 Å². The van der Waals surface area contributed by atoms with Gasteiger partial charge in [0, 0.05) is 0 Å². The number of halogens is 3. The number of allylic oxidation sites excluding steroid dienone is 1. The van der Waals surface area contributed by atoms with Crippen LogP contribution in [0.3, 0.4) is 0 Å². The zero-order valence-corrected chi connectivity index (χ0v) is 13.0. The molecule has 0 saturated carbocycles. The van der Waals surface area contributed by atoms with Gasteiger partial charge in [0.2, 0.25) is 5.91 Å². The number of aromatic nitrogens is 3. The van der Waals surface area contributed by atoms with E-state index in [0.29, 0.717) is 6.42 Å². The summed E-state index contributed by atoms with van der Waals surface area (Å²) >= 11 is 0. The van der Waals surface area contributed by atoms with E-state index in [4.69, 9.17) is 0 Å². The molecule has 1 heterocycles. The van der Waals surface area contributed by atoms with Crippen molar-refractivity contribution in [2.75, 3.05) is 0 Å². The van der Waals surface area contributed by atoms with E-state index in [2.05, 4.69) is 27.1 Å². The highest BCUT2D eigenvalue weighted by Crippen LogP contribution is 2.27. The van der Waals surface area contributed by atoms with Crippen LogP contribution < -0.4 is 5.32 Å². The van der Waals surface area contributed by atoms with Gasteiger partial charge in [-0.25, -0.2) is 4.98 Å². The molecule has 0 fully saturated rings. The third-order valence-electron chi connectivity index (χ3n) is 3.45. The Morgan fingerprint density at radius 2 is 2.04 bits per heavy atom. The van der Waals surface area contributed by atoms with Gasteiger partial charge in [-0.05, 0) is 18.9 Å². The van der Waals surface area contributed by atoms with E-state index in [1.807, 2.05) is 30.3 Å². The van der Waals surface area contributed by atoms with E-state index in [1.165, 1.54) is 6.92 Å². The number of hydrogen-bond acceptors (Lipinski definition) is 3. The minimum atomic E-state index is -4.63. The van der Waals surface area contributed by atoms with Gasteiger partial charge in [-0.1, -0.05) is 36.4 Å². The Morgan fingerprint density at radius 3 is 2.58 bits per heavy atom. The predicted octanol–water partition coefficient (Wildman–Crippen LogP) is 3.36. The minimum Gasteiger partial charge on any atom is -0.346 e. The lowest BCUT2D eigenvalue weighted by atomic mass is 9.94. The van der Waals surface area contributed by atoms with Gasteiger partial charge in [0.15, 0.2) is 0 Å². The lowest BCUT2D eigenvalue weighted by molar-refractivity contribution is -0.144. The predicted molar refractivity (Wildman–Crippen MR) is 81.9 cm³/mol. The molecule has 1 aromatic carbocycles. The van der Waals surface area contributed by atoms with Crippen LogP contribution in [0.5, 0.6) is 0 Å². The van der Waals surface area contributed by atoms with Gasteiger partial charge in [0.25, 0.3) is 5.82 Å². The fraction of sp³-hybridized carbons (Fsp3) is 0.312. The Morgan fingerprint density at radius 1 is 1.38 bits per heavy atom. The largest absolute Gasteiger partial charge is 0.453 e. The Hall–Kier alpha value is -2.64. The molecule has 0 spiro atoms. The molecule has 0 aliphatic rings. The second kappa shape index (κ2) is 7.29. The van der Waals surface area contributed by atoms with Gasteiger partial charge in [-0.15, -0.1) is 11.7 Å². The lowest BCUT2D eigenvalue weighted by Gasteiger charge is -2.18. The molecule has 128 valence electrons. The van der Waals surface area contributed by atoms with Crippen LogP contribution in [0.15, 0.2) is 43.0 Å². The summed E-state index contributed by atoms with van der Waals surface area (Å²) in [5.74, 6) is -2.11. The number of H-pyrrole nitrogens is 1. The molecule has 0 bridgehead atoms. The number of alkyl halides is 3. The van der Waals surface area contributed by atoms with Gasteiger partial charge in [-0.3, -0.25) is 9.89 Å². The number of carbonyl (C=O) groups is 1. The number of hydrogen-bond donors (Lipinski definition) is 2. The van der Waals surface area contributed by atoms with E-state index in [0.717, 1.165) is 5.56 Å². The molecule has 8 heteroatoms. The second-order valence-corrected chi connectivity index (χ2v) is 5.26. The monoisotopic (exact) mass is 338 g/mol. The van der Waals surface area contributed by atoms with Crippen molar-refractivity contribution in [2.24, 2.45) is 0 Å².